The van der Waals surface area contributed by atoms with Gasteiger partial charge in [0.1, 0.15) is 0 Å². The lowest BCUT2D eigenvalue weighted by molar-refractivity contribution is 0.564. The van der Waals surface area contributed by atoms with Gasteiger partial charge in [0.2, 0.25) is 0 Å². The summed E-state index contributed by atoms with van der Waals surface area (Å²) in [5, 5.41) is -0.279. The van der Waals surface area contributed by atoms with Gasteiger partial charge in [-0.1, -0.05) is 6.07 Å². The number of benzene rings is 1. The van der Waals surface area contributed by atoms with Crippen molar-refractivity contribution in [3.63, 3.8) is 0 Å². The Hall–Kier alpha value is -1.94. The van der Waals surface area contributed by atoms with Gasteiger partial charge in [-0.15, -0.1) is 11.6 Å². The van der Waals surface area contributed by atoms with Crippen LogP contribution in [-0.2, 0) is 14.1 Å². The molecule has 3 rings (SSSR count). The van der Waals surface area contributed by atoms with E-state index in [1.54, 1.807) is 35.8 Å². The first-order valence-electron chi connectivity index (χ1n) is 5.91. The first kappa shape index (κ1) is 12.1. The number of nitrogens with zero attached hydrogens (tertiary/aromatic N) is 2. The molecule has 3 aromatic rings. The Bertz CT molecular complexity index is 784. The van der Waals surface area contributed by atoms with Crippen molar-refractivity contribution in [2.45, 2.75) is 5.38 Å². The molecule has 0 spiro atoms. The fourth-order valence-corrected chi connectivity index (χ4v) is 2.55. The molecule has 98 valence electrons. The van der Waals surface area contributed by atoms with Crippen molar-refractivity contribution in [2.75, 3.05) is 0 Å². The molecular formula is C14H13ClN2O2. The Morgan fingerprint density at radius 1 is 1.11 bits per heavy atom. The minimum atomic E-state index is -0.279. The predicted octanol–water partition coefficient (Wildman–Crippen LogP) is 2.80. The summed E-state index contributed by atoms with van der Waals surface area (Å²) in [5.41, 5.74) is 3.58. The minimum absolute atomic E-state index is 0.0402. The van der Waals surface area contributed by atoms with Crippen molar-refractivity contribution >= 4 is 22.6 Å². The molecule has 0 fully saturated rings. The van der Waals surface area contributed by atoms with Crippen LogP contribution in [0.1, 0.15) is 16.5 Å². The standard InChI is InChI=1S/C14H13ClN2O2/c1-16-11-4-3-9(7-12(11)17(2)14(16)18)13(15)10-5-6-19-8-10/h3-8,13H,1-2H3. The number of aryl methyl sites for hydroxylation is 2. The summed E-state index contributed by atoms with van der Waals surface area (Å²) in [7, 11) is 3.52. The molecule has 0 aliphatic heterocycles. The van der Waals surface area contributed by atoms with Crippen molar-refractivity contribution in [3.8, 4) is 0 Å². The maximum absolute atomic E-state index is 11.9. The van der Waals surface area contributed by atoms with E-state index in [9.17, 15) is 4.79 Å². The lowest BCUT2D eigenvalue weighted by Gasteiger charge is -2.08. The number of fused-ring (bicyclic) bond motifs is 1. The molecule has 0 saturated heterocycles. The SMILES string of the molecule is Cn1c(=O)n(C)c2cc(C(Cl)c3ccoc3)ccc21. The van der Waals surface area contributed by atoms with Crippen molar-refractivity contribution < 1.29 is 4.42 Å². The first-order chi connectivity index (χ1) is 9.09. The molecule has 0 aliphatic rings. The van der Waals surface area contributed by atoms with Crippen LogP contribution in [0.4, 0.5) is 0 Å². The van der Waals surface area contributed by atoms with Crippen LogP contribution >= 0.6 is 11.6 Å². The van der Waals surface area contributed by atoms with Crippen molar-refractivity contribution in [3.05, 3.63) is 58.4 Å². The highest BCUT2D eigenvalue weighted by molar-refractivity contribution is 6.22. The molecule has 0 bridgehead atoms. The van der Waals surface area contributed by atoms with Gasteiger partial charge in [0.25, 0.3) is 0 Å². The second-order valence-corrected chi connectivity index (χ2v) is 5.00. The molecule has 0 saturated carbocycles. The summed E-state index contributed by atoms with van der Waals surface area (Å²) < 4.78 is 8.30. The van der Waals surface area contributed by atoms with Crippen LogP contribution in [0.3, 0.4) is 0 Å². The van der Waals surface area contributed by atoms with Crippen LogP contribution in [0.2, 0.25) is 0 Å². The Kier molecular flexibility index (Phi) is 2.75. The van der Waals surface area contributed by atoms with Crippen molar-refractivity contribution in [2.24, 2.45) is 14.1 Å². The lowest BCUT2D eigenvalue weighted by atomic mass is 10.1. The molecule has 1 atom stereocenters. The number of aromatic nitrogens is 2. The van der Waals surface area contributed by atoms with E-state index in [4.69, 9.17) is 16.0 Å². The molecule has 0 amide bonds. The van der Waals surface area contributed by atoms with E-state index >= 15 is 0 Å². The molecule has 4 nitrogen and oxygen atoms in total. The van der Waals surface area contributed by atoms with Gasteiger partial charge < -0.3 is 4.42 Å². The van der Waals surface area contributed by atoms with Gasteiger partial charge in [0, 0.05) is 19.7 Å². The highest BCUT2D eigenvalue weighted by Crippen LogP contribution is 2.30. The number of rotatable bonds is 2. The molecule has 0 radical (unpaired) electrons. The summed E-state index contributed by atoms with van der Waals surface area (Å²) in [6.07, 6.45) is 3.23. The Morgan fingerprint density at radius 2 is 1.84 bits per heavy atom. The van der Waals surface area contributed by atoms with Gasteiger partial charge in [0.15, 0.2) is 0 Å². The quantitative estimate of drug-likeness (QED) is 0.675. The lowest BCUT2D eigenvalue weighted by Crippen LogP contribution is -2.19. The maximum Gasteiger partial charge on any atom is 0.328 e. The summed E-state index contributed by atoms with van der Waals surface area (Å²) >= 11 is 6.42. The zero-order chi connectivity index (χ0) is 13.6. The summed E-state index contributed by atoms with van der Waals surface area (Å²) in [5.74, 6) is 0. The topological polar surface area (TPSA) is 40.1 Å². The molecule has 19 heavy (non-hydrogen) atoms. The second kappa shape index (κ2) is 4.31. The van der Waals surface area contributed by atoms with Gasteiger partial charge in [-0.25, -0.2) is 4.79 Å². The highest BCUT2D eigenvalue weighted by atomic mass is 35.5. The summed E-state index contributed by atoms with van der Waals surface area (Å²) in [6.45, 7) is 0. The average Bonchev–Trinajstić information content (AvgIpc) is 3.03. The summed E-state index contributed by atoms with van der Waals surface area (Å²) in [6, 6.07) is 7.64. The van der Waals surface area contributed by atoms with Gasteiger partial charge in [0.05, 0.1) is 28.9 Å². The Balaban J connectivity index is 2.17. The molecule has 0 aliphatic carbocycles. The third kappa shape index (κ3) is 1.79. The third-order valence-electron chi connectivity index (χ3n) is 3.42. The van der Waals surface area contributed by atoms with Crippen LogP contribution in [0.15, 0.2) is 46.0 Å². The van der Waals surface area contributed by atoms with E-state index in [-0.39, 0.29) is 11.1 Å². The van der Waals surface area contributed by atoms with Gasteiger partial charge in [-0.3, -0.25) is 9.13 Å². The van der Waals surface area contributed by atoms with Crippen LogP contribution in [0.25, 0.3) is 11.0 Å². The highest BCUT2D eigenvalue weighted by Gasteiger charge is 2.15. The summed E-state index contributed by atoms with van der Waals surface area (Å²) in [4.78, 5) is 11.9. The van der Waals surface area contributed by atoms with E-state index in [1.165, 1.54) is 0 Å². The fourth-order valence-electron chi connectivity index (χ4n) is 2.29. The van der Waals surface area contributed by atoms with E-state index in [2.05, 4.69) is 0 Å². The molecule has 2 aromatic heterocycles. The number of hydrogen-bond acceptors (Lipinski definition) is 2. The van der Waals surface area contributed by atoms with Crippen LogP contribution < -0.4 is 5.69 Å². The first-order valence-corrected chi connectivity index (χ1v) is 6.35. The van der Waals surface area contributed by atoms with E-state index in [0.717, 1.165) is 22.2 Å². The van der Waals surface area contributed by atoms with E-state index in [1.807, 2.05) is 24.3 Å². The van der Waals surface area contributed by atoms with Crippen LogP contribution in [0.5, 0.6) is 0 Å². The minimum Gasteiger partial charge on any atom is -0.472 e. The molecular weight excluding hydrogens is 264 g/mol. The van der Waals surface area contributed by atoms with Gasteiger partial charge >= 0.3 is 5.69 Å². The smallest absolute Gasteiger partial charge is 0.328 e. The normalized spacial score (nSPS) is 13.0. The van der Waals surface area contributed by atoms with Crippen LogP contribution in [0, 0.1) is 0 Å². The molecule has 1 unspecified atom stereocenters. The average molecular weight is 277 g/mol. The second-order valence-electron chi connectivity index (χ2n) is 4.57. The maximum atomic E-state index is 11.9. The number of hydrogen-bond donors (Lipinski definition) is 0. The molecule has 5 heteroatoms. The van der Waals surface area contributed by atoms with Gasteiger partial charge in [-0.05, 0) is 23.8 Å². The van der Waals surface area contributed by atoms with Gasteiger partial charge in [-0.2, -0.15) is 0 Å². The number of halogens is 1. The number of alkyl halides is 1. The molecule has 0 N–H and O–H groups in total. The number of imidazole rings is 1. The number of furan rings is 1. The predicted molar refractivity (Wildman–Crippen MR) is 74.6 cm³/mol. The zero-order valence-corrected chi connectivity index (χ0v) is 11.4. The van der Waals surface area contributed by atoms with Crippen molar-refractivity contribution in [1.82, 2.24) is 9.13 Å². The van der Waals surface area contributed by atoms with Crippen molar-refractivity contribution in [1.29, 1.82) is 0 Å². The Morgan fingerprint density at radius 3 is 2.53 bits per heavy atom. The fraction of sp³-hybridized carbons (Fsp3) is 0.214. The molecule has 1 aromatic carbocycles. The van der Waals surface area contributed by atoms with E-state index < -0.39 is 0 Å². The third-order valence-corrected chi connectivity index (χ3v) is 3.93. The van der Waals surface area contributed by atoms with Crippen LogP contribution in [-0.4, -0.2) is 9.13 Å². The molecule has 2 heterocycles. The van der Waals surface area contributed by atoms with E-state index in [0.29, 0.717) is 0 Å². The Labute approximate surface area is 114 Å². The monoisotopic (exact) mass is 276 g/mol. The largest absolute Gasteiger partial charge is 0.472 e. The zero-order valence-electron chi connectivity index (χ0n) is 10.6.